The van der Waals surface area contributed by atoms with E-state index in [0.29, 0.717) is 47.1 Å². The number of nitrogens with zero attached hydrogens (tertiary/aromatic N) is 4. The van der Waals surface area contributed by atoms with Crippen LogP contribution in [0.1, 0.15) is 69.1 Å². The van der Waals surface area contributed by atoms with Crippen molar-refractivity contribution >= 4 is 11.8 Å². The van der Waals surface area contributed by atoms with Gasteiger partial charge >= 0.3 is 5.97 Å². The summed E-state index contributed by atoms with van der Waals surface area (Å²) in [7, 11) is 0. The molecule has 1 aromatic carbocycles. The van der Waals surface area contributed by atoms with E-state index in [2.05, 4.69) is 40.3 Å². The summed E-state index contributed by atoms with van der Waals surface area (Å²) < 4.78 is 5.00. The third-order valence-corrected chi connectivity index (χ3v) is 6.28. The lowest BCUT2D eigenvalue weighted by Gasteiger charge is -2.33. The molecule has 1 atom stereocenters. The van der Waals surface area contributed by atoms with E-state index in [-0.39, 0.29) is 17.8 Å². The average Bonchev–Trinajstić information content (AvgIpc) is 2.80. The molecule has 3 rings (SSSR count). The first-order chi connectivity index (χ1) is 16.3. The monoisotopic (exact) mass is 465 g/mol. The number of rotatable bonds is 9. The summed E-state index contributed by atoms with van der Waals surface area (Å²) in [6.45, 7) is 10.8. The van der Waals surface area contributed by atoms with Crippen LogP contribution >= 0.6 is 0 Å². The number of aromatic hydroxyl groups is 1. The van der Waals surface area contributed by atoms with Crippen LogP contribution in [0.3, 0.4) is 0 Å². The Morgan fingerprint density at radius 2 is 2.18 bits per heavy atom. The standard InChI is InChI=1S/C26H35N5O3/c1-5-34-24(33)9-7-13-31-12-6-8-20(16-31)28-26-22(15-27)18(4)25(29-30-26)21-11-10-19(17(2)3)14-23(21)32/h10-11,14,17,20,32H,5-9,12-13,16H2,1-4H3,(H,28,30)/t20-/m1/s1. The maximum absolute atomic E-state index is 11.6. The smallest absolute Gasteiger partial charge is 0.305 e. The molecule has 0 spiro atoms. The fourth-order valence-electron chi connectivity index (χ4n) is 4.37. The highest BCUT2D eigenvalue weighted by Crippen LogP contribution is 2.34. The summed E-state index contributed by atoms with van der Waals surface area (Å²) in [4.78, 5) is 13.9. The molecule has 2 N–H and O–H groups in total. The Labute approximate surface area is 202 Å². The van der Waals surface area contributed by atoms with Crippen molar-refractivity contribution in [1.29, 1.82) is 5.26 Å². The maximum Gasteiger partial charge on any atom is 0.305 e. The fraction of sp³-hybridized carbons (Fsp3) is 0.538. The van der Waals surface area contributed by atoms with Gasteiger partial charge in [-0.25, -0.2) is 0 Å². The molecule has 0 radical (unpaired) electrons. The number of nitrogens with one attached hydrogen (secondary N) is 1. The molecule has 1 fully saturated rings. The predicted octanol–water partition coefficient (Wildman–Crippen LogP) is 4.37. The molecule has 1 aliphatic rings. The highest BCUT2D eigenvalue weighted by molar-refractivity contribution is 5.74. The molecular formula is C26H35N5O3. The maximum atomic E-state index is 11.6. The Balaban J connectivity index is 1.70. The van der Waals surface area contributed by atoms with Gasteiger partial charge in [0.05, 0.1) is 6.61 Å². The molecule has 0 aliphatic carbocycles. The molecule has 182 valence electrons. The summed E-state index contributed by atoms with van der Waals surface area (Å²) in [5.41, 5.74) is 3.25. The molecule has 2 aromatic rings. The lowest BCUT2D eigenvalue weighted by atomic mass is 9.97. The normalized spacial score (nSPS) is 16.3. The summed E-state index contributed by atoms with van der Waals surface area (Å²) in [6, 6.07) is 7.97. The van der Waals surface area contributed by atoms with Crippen molar-refractivity contribution in [3.8, 4) is 23.1 Å². The van der Waals surface area contributed by atoms with Crippen LogP contribution in [0.5, 0.6) is 5.75 Å². The van der Waals surface area contributed by atoms with Gasteiger partial charge in [0.25, 0.3) is 0 Å². The van der Waals surface area contributed by atoms with Gasteiger partial charge in [0.1, 0.15) is 23.1 Å². The second-order valence-electron chi connectivity index (χ2n) is 9.13. The van der Waals surface area contributed by atoms with E-state index in [0.717, 1.165) is 44.5 Å². The largest absolute Gasteiger partial charge is 0.507 e. The van der Waals surface area contributed by atoms with Crippen molar-refractivity contribution in [2.24, 2.45) is 0 Å². The number of carbonyl (C=O) groups excluding carboxylic acids is 1. The van der Waals surface area contributed by atoms with E-state index in [1.807, 2.05) is 26.0 Å². The van der Waals surface area contributed by atoms with Gasteiger partial charge in [0.15, 0.2) is 5.82 Å². The molecule has 1 aromatic heterocycles. The number of ether oxygens (including phenoxy) is 1. The number of likely N-dealkylation sites (tertiary alicyclic amines) is 1. The molecule has 34 heavy (non-hydrogen) atoms. The summed E-state index contributed by atoms with van der Waals surface area (Å²) in [5, 5.41) is 32.6. The van der Waals surface area contributed by atoms with Gasteiger partial charge in [-0.1, -0.05) is 19.9 Å². The number of aromatic nitrogens is 2. The van der Waals surface area contributed by atoms with Crippen molar-refractivity contribution in [2.45, 2.75) is 65.3 Å². The molecule has 2 heterocycles. The number of anilines is 1. The Kier molecular flexibility index (Phi) is 8.83. The van der Waals surface area contributed by atoms with E-state index in [1.165, 1.54) is 0 Å². The Bertz CT molecular complexity index is 1050. The van der Waals surface area contributed by atoms with Crippen LogP contribution in [0, 0.1) is 18.3 Å². The van der Waals surface area contributed by atoms with Crippen molar-refractivity contribution in [3.05, 3.63) is 34.9 Å². The number of hydrogen-bond acceptors (Lipinski definition) is 8. The number of piperidine rings is 1. The van der Waals surface area contributed by atoms with E-state index >= 15 is 0 Å². The molecular weight excluding hydrogens is 430 g/mol. The lowest BCUT2D eigenvalue weighted by Crippen LogP contribution is -2.42. The number of phenols is 1. The Morgan fingerprint density at radius 1 is 1.38 bits per heavy atom. The third kappa shape index (κ3) is 6.23. The van der Waals surface area contributed by atoms with Gasteiger partial charge < -0.3 is 20.1 Å². The van der Waals surface area contributed by atoms with Gasteiger partial charge in [-0.3, -0.25) is 4.79 Å². The minimum absolute atomic E-state index is 0.138. The van der Waals surface area contributed by atoms with Crippen LogP contribution in [0.4, 0.5) is 5.82 Å². The van der Waals surface area contributed by atoms with Gasteiger partial charge in [0, 0.05) is 24.6 Å². The van der Waals surface area contributed by atoms with Crippen molar-refractivity contribution in [2.75, 3.05) is 31.6 Å². The van der Waals surface area contributed by atoms with Crippen molar-refractivity contribution < 1.29 is 14.6 Å². The predicted molar refractivity (Wildman–Crippen MR) is 132 cm³/mol. The molecule has 1 saturated heterocycles. The van der Waals surface area contributed by atoms with E-state index in [4.69, 9.17) is 4.74 Å². The first-order valence-electron chi connectivity index (χ1n) is 12.1. The topological polar surface area (TPSA) is 111 Å². The number of phenolic OH excluding ortho intramolecular Hbond substituents is 1. The SMILES string of the molecule is CCOC(=O)CCCN1CCC[C@@H](Nc2nnc(-c3ccc(C(C)C)cc3O)c(C)c2C#N)C1. The van der Waals surface area contributed by atoms with Gasteiger partial charge in [0.2, 0.25) is 0 Å². The quantitative estimate of drug-likeness (QED) is 0.525. The number of carbonyl (C=O) groups is 1. The molecule has 0 bridgehead atoms. The van der Waals surface area contributed by atoms with E-state index < -0.39 is 0 Å². The molecule has 1 aliphatic heterocycles. The van der Waals surface area contributed by atoms with Gasteiger partial charge in [-0.05, 0) is 75.4 Å². The highest BCUT2D eigenvalue weighted by atomic mass is 16.5. The number of hydrogen-bond donors (Lipinski definition) is 2. The fourth-order valence-corrected chi connectivity index (χ4v) is 4.37. The van der Waals surface area contributed by atoms with Crippen LogP contribution < -0.4 is 5.32 Å². The Morgan fingerprint density at radius 3 is 2.85 bits per heavy atom. The second kappa shape index (κ2) is 11.8. The zero-order chi connectivity index (χ0) is 24.7. The van der Waals surface area contributed by atoms with Crippen LogP contribution in [-0.2, 0) is 9.53 Å². The summed E-state index contributed by atoms with van der Waals surface area (Å²) >= 11 is 0. The number of nitriles is 1. The average molecular weight is 466 g/mol. The first kappa shape index (κ1) is 25.4. The Hall–Kier alpha value is -3.18. The van der Waals surface area contributed by atoms with E-state index in [1.54, 1.807) is 6.07 Å². The zero-order valence-corrected chi connectivity index (χ0v) is 20.6. The molecule has 0 saturated carbocycles. The van der Waals surface area contributed by atoms with Crippen LogP contribution in [-0.4, -0.2) is 58.5 Å². The summed E-state index contributed by atoms with van der Waals surface area (Å²) in [5.74, 6) is 0.761. The van der Waals surface area contributed by atoms with Crippen LogP contribution in [0.25, 0.3) is 11.3 Å². The third-order valence-electron chi connectivity index (χ3n) is 6.28. The molecule has 0 amide bonds. The molecule has 8 nitrogen and oxygen atoms in total. The summed E-state index contributed by atoms with van der Waals surface area (Å²) in [6.07, 6.45) is 3.19. The lowest BCUT2D eigenvalue weighted by molar-refractivity contribution is -0.143. The van der Waals surface area contributed by atoms with Crippen LogP contribution in [0.15, 0.2) is 18.2 Å². The van der Waals surface area contributed by atoms with E-state index in [9.17, 15) is 15.2 Å². The minimum Gasteiger partial charge on any atom is -0.507 e. The van der Waals surface area contributed by atoms with Gasteiger partial charge in [-0.2, -0.15) is 5.26 Å². The molecule has 8 heteroatoms. The second-order valence-corrected chi connectivity index (χ2v) is 9.13. The van der Waals surface area contributed by atoms with Crippen LogP contribution in [0.2, 0.25) is 0 Å². The number of esters is 1. The van der Waals surface area contributed by atoms with Gasteiger partial charge in [-0.15, -0.1) is 10.2 Å². The minimum atomic E-state index is -0.149. The van der Waals surface area contributed by atoms with Crippen molar-refractivity contribution in [3.63, 3.8) is 0 Å². The highest BCUT2D eigenvalue weighted by Gasteiger charge is 2.23. The first-order valence-corrected chi connectivity index (χ1v) is 12.1. The van der Waals surface area contributed by atoms with Crippen molar-refractivity contribution in [1.82, 2.24) is 15.1 Å². The number of benzene rings is 1. The zero-order valence-electron chi connectivity index (χ0n) is 20.6. The molecule has 0 unspecified atom stereocenters.